The van der Waals surface area contributed by atoms with Crippen molar-refractivity contribution in [1.82, 2.24) is 4.90 Å². The molecule has 2 fully saturated rings. The Hall–Kier alpha value is -1.43. The lowest BCUT2D eigenvalue weighted by molar-refractivity contribution is -0.185. The number of likely N-dealkylation sites (N-methyl/N-ethyl adjacent to an activating group) is 1. The van der Waals surface area contributed by atoms with Crippen LogP contribution in [-0.2, 0) is 14.3 Å². The first-order valence-electron chi connectivity index (χ1n) is 8.50. The molecule has 0 saturated carbocycles. The third kappa shape index (κ3) is 3.57. The molecule has 0 N–H and O–H groups in total. The highest BCUT2D eigenvalue weighted by atomic mass is 16.7. The molecule has 23 heavy (non-hydrogen) atoms. The van der Waals surface area contributed by atoms with E-state index in [0.717, 1.165) is 37.2 Å². The molecule has 2 aliphatic heterocycles. The van der Waals surface area contributed by atoms with Crippen LogP contribution in [0.3, 0.4) is 0 Å². The molecule has 2 saturated heterocycles. The Morgan fingerprint density at radius 1 is 1.22 bits per heavy atom. The summed E-state index contributed by atoms with van der Waals surface area (Å²) in [6.07, 6.45) is 1.69. The number of anilines is 1. The van der Waals surface area contributed by atoms with Gasteiger partial charge in [0, 0.05) is 38.2 Å². The van der Waals surface area contributed by atoms with Gasteiger partial charge in [-0.1, -0.05) is 18.2 Å². The largest absolute Gasteiger partial charge is 0.347 e. The van der Waals surface area contributed by atoms with E-state index in [9.17, 15) is 4.79 Å². The number of benzene rings is 1. The minimum absolute atomic E-state index is 0.158. The number of carbonyl (C=O) groups excluding carboxylic acids is 1. The Morgan fingerprint density at radius 3 is 2.48 bits per heavy atom. The zero-order valence-corrected chi connectivity index (χ0v) is 14.1. The average molecular weight is 318 g/mol. The molecule has 0 bridgehead atoms. The van der Waals surface area contributed by atoms with Crippen LogP contribution >= 0.6 is 0 Å². The molecule has 0 aromatic heterocycles. The second kappa shape index (κ2) is 6.99. The number of amides is 1. The minimum Gasteiger partial charge on any atom is -0.347 e. The van der Waals surface area contributed by atoms with E-state index in [1.165, 1.54) is 0 Å². The van der Waals surface area contributed by atoms with Crippen LogP contribution in [0.25, 0.3) is 0 Å². The van der Waals surface area contributed by atoms with Crippen LogP contribution in [0.2, 0.25) is 0 Å². The summed E-state index contributed by atoms with van der Waals surface area (Å²) in [7, 11) is 0. The summed E-state index contributed by atoms with van der Waals surface area (Å²) in [5.41, 5.74) is 2.14. The molecule has 1 amide bonds. The smallest absolute Gasteiger partial charge is 0.241 e. The first kappa shape index (κ1) is 16.4. The van der Waals surface area contributed by atoms with Crippen molar-refractivity contribution in [2.75, 3.05) is 44.3 Å². The van der Waals surface area contributed by atoms with Crippen molar-refractivity contribution in [2.24, 2.45) is 0 Å². The van der Waals surface area contributed by atoms with E-state index in [4.69, 9.17) is 9.47 Å². The van der Waals surface area contributed by atoms with E-state index in [-0.39, 0.29) is 11.7 Å². The second-order valence-corrected chi connectivity index (χ2v) is 6.31. The maximum Gasteiger partial charge on any atom is 0.241 e. The molecule has 0 radical (unpaired) electrons. The first-order valence-corrected chi connectivity index (χ1v) is 8.50. The molecule has 2 heterocycles. The second-order valence-electron chi connectivity index (χ2n) is 6.31. The van der Waals surface area contributed by atoms with E-state index in [0.29, 0.717) is 26.3 Å². The van der Waals surface area contributed by atoms with Crippen LogP contribution in [0.1, 0.15) is 25.3 Å². The van der Waals surface area contributed by atoms with Gasteiger partial charge in [0.15, 0.2) is 5.79 Å². The van der Waals surface area contributed by atoms with Crippen LogP contribution in [-0.4, -0.2) is 56.0 Å². The summed E-state index contributed by atoms with van der Waals surface area (Å²) in [5, 5.41) is 0. The topological polar surface area (TPSA) is 42.0 Å². The monoisotopic (exact) mass is 318 g/mol. The number of rotatable bonds is 4. The van der Waals surface area contributed by atoms with Crippen molar-refractivity contribution in [3.05, 3.63) is 29.8 Å². The number of nitrogens with zero attached hydrogens (tertiary/aromatic N) is 2. The highest BCUT2D eigenvalue weighted by Gasteiger charge is 2.40. The van der Waals surface area contributed by atoms with Gasteiger partial charge in [-0.25, -0.2) is 0 Å². The summed E-state index contributed by atoms with van der Waals surface area (Å²) in [6, 6.07) is 8.05. The molecule has 126 valence electrons. The number of hydrogen-bond acceptors (Lipinski definition) is 4. The van der Waals surface area contributed by atoms with E-state index in [1.54, 1.807) is 0 Å². The van der Waals surface area contributed by atoms with E-state index >= 15 is 0 Å². The van der Waals surface area contributed by atoms with Crippen molar-refractivity contribution < 1.29 is 14.3 Å². The molecule has 3 rings (SSSR count). The number of hydrogen-bond donors (Lipinski definition) is 0. The van der Waals surface area contributed by atoms with Crippen LogP contribution in [0.5, 0.6) is 0 Å². The number of carbonyl (C=O) groups is 1. The van der Waals surface area contributed by atoms with Crippen LogP contribution in [0, 0.1) is 6.92 Å². The van der Waals surface area contributed by atoms with Crippen LogP contribution in [0.4, 0.5) is 5.69 Å². The maximum atomic E-state index is 12.7. The Kier molecular flexibility index (Phi) is 4.99. The molecular formula is C18H26N2O3. The lowest BCUT2D eigenvalue weighted by Crippen LogP contribution is -2.49. The number of piperidine rings is 1. The molecule has 5 nitrogen and oxygen atoms in total. The van der Waals surface area contributed by atoms with Crippen molar-refractivity contribution in [3.63, 3.8) is 0 Å². The van der Waals surface area contributed by atoms with Gasteiger partial charge >= 0.3 is 0 Å². The van der Waals surface area contributed by atoms with Crippen molar-refractivity contribution in [3.8, 4) is 0 Å². The standard InChI is InChI=1S/C18H26N2O3/c1-3-20(16-7-5-4-6-15(16)2)17(21)14-19-10-8-18(9-11-19)22-12-13-23-18/h4-7H,3,8-14H2,1-2H3. The Morgan fingerprint density at radius 2 is 1.87 bits per heavy atom. The quantitative estimate of drug-likeness (QED) is 0.853. The Balaban J connectivity index is 1.59. The molecule has 1 aromatic rings. The van der Waals surface area contributed by atoms with Gasteiger partial charge in [-0.05, 0) is 25.5 Å². The highest BCUT2D eigenvalue weighted by molar-refractivity contribution is 5.95. The van der Waals surface area contributed by atoms with Crippen LogP contribution < -0.4 is 4.90 Å². The number of para-hydroxylation sites is 1. The third-order valence-corrected chi connectivity index (χ3v) is 4.81. The summed E-state index contributed by atoms with van der Waals surface area (Å²) in [6.45, 7) is 8.28. The van der Waals surface area contributed by atoms with Gasteiger partial charge in [0.05, 0.1) is 19.8 Å². The molecule has 0 aliphatic carbocycles. The predicted octanol–water partition coefficient (Wildman–Crippen LogP) is 2.19. The first-order chi connectivity index (χ1) is 11.1. The molecular weight excluding hydrogens is 292 g/mol. The highest BCUT2D eigenvalue weighted by Crippen LogP contribution is 2.31. The fourth-order valence-corrected chi connectivity index (χ4v) is 3.46. The van der Waals surface area contributed by atoms with Gasteiger partial charge < -0.3 is 14.4 Å². The van der Waals surface area contributed by atoms with E-state index in [2.05, 4.69) is 4.90 Å². The number of aryl methyl sites for hydroxylation is 1. The summed E-state index contributed by atoms with van der Waals surface area (Å²) >= 11 is 0. The fourth-order valence-electron chi connectivity index (χ4n) is 3.46. The molecule has 5 heteroatoms. The molecule has 0 unspecified atom stereocenters. The van der Waals surface area contributed by atoms with E-state index < -0.39 is 0 Å². The number of ether oxygens (including phenoxy) is 2. The van der Waals surface area contributed by atoms with Crippen LogP contribution in [0.15, 0.2) is 24.3 Å². The zero-order chi connectivity index (χ0) is 16.3. The van der Waals surface area contributed by atoms with Gasteiger partial charge in [0.25, 0.3) is 0 Å². The van der Waals surface area contributed by atoms with Crippen molar-refractivity contribution >= 4 is 11.6 Å². The van der Waals surface area contributed by atoms with E-state index in [1.807, 2.05) is 43.0 Å². The molecule has 0 atom stereocenters. The summed E-state index contributed by atoms with van der Waals surface area (Å²) in [5.74, 6) is -0.217. The average Bonchev–Trinajstić information content (AvgIpc) is 3.01. The Labute approximate surface area is 138 Å². The normalized spacial score (nSPS) is 20.8. The number of likely N-dealkylation sites (tertiary alicyclic amines) is 1. The van der Waals surface area contributed by atoms with Gasteiger partial charge in [0.2, 0.25) is 5.91 Å². The molecule has 1 aromatic carbocycles. The van der Waals surface area contributed by atoms with Crippen molar-refractivity contribution in [1.29, 1.82) is 0 Å². The molecule has 1 spiro atoms. The third-order valence-electron chi connectivity index (χ3n) is 4.81. The molecule has 2 aliphatic rings. The summed E-state index contributed by atoms with van der Waals surface area (Å²) in [4.78, 5) is 16.8. The van der Waals surface area contributed by atoms with Gasteiger partial charge in [-0.15, -0.1) is 0 Å². The minimum atomic E-state index is -0.375. The van der Waals surface area contributed by atoms with Gasteiger partial charge in [0.1, 0.15) is 0 Å². The lowest BCUT2D eigenvalue weighted by Gasteiger charge is -2.38. The maximum absolute atomic E-state index is 12.7. The Bertz CT molecular complexity index is 545. The van der Waals surface area contributed by atoms with Gasteiger partial charge in [-0.2, -0.15) is 0 Å². The lowest BCUT2D eigenvalue weighted by atomic mass is 10.0. The SMILES string of the molecule is CCN(C(=O)CN1CCC2(CC1)OCCO2)c1ccccc1C. The predicted molar refractivity (Wildman–Crippen MR) is 89.5 cm³/mol. The van der Waals surface area contributed by atoms with Gasteiger partial charge in [-0.3, -0.25) is 9.69 Å². The fraction of sp³-hybridized carbons (Fsp3) is 0.611. The summed E-state index contributed by atoms with van der Waals surface area (Å²) < 4.78 is 11.5. The van der Waals surface area contributed by atoms with Crippen molar-refractivity contribution in [2.45, 2.75) is 32.5 Å². The zero-order valence-electron chi connectivity index (χ0n) is 14.1.